The Balaban J connectivity index is 5.98. The molecule has 0 aliphatic carbocycles. The molecule has 1 unspecified atom stereocenters. The maximum absolute atomic E-state index is 11.6. The highest BCUT2D eigenvalue weighted by molar-refractivity contribution is 7.11. The van der Waals surface area contributed by atoms with E-state index in [0.29, 0.717) is 0 Å². The second kappa shape index (κ2) is 7.90. The zero-order valence-corrected chi connectivity index (χ0v) is 17.1. The molecule has 2 nitrogen and oxygen atoms in total. The third kappa shape index (κ3) is 3.12. The molecule has 1 atom stereocenters. The molecule has 0 aromatic carbocycles. The molecule has 0 radical (unpaired) electrons. The van der Waals surface area contributed by atoms with Crippen molar-refractivity contribution in [3.8, 4) is 0 Å². The lowest BCUT2D eigenvalue weighted by Gasteiger charge is -2.48. The Hall–Kier alpha value is 0.0638. The quantitative estimate of drug-likeness (QED) is 0.476. The van der Waals surface area contributed by atoms with Crippen LogP contribution >= 0.6 is 0 Å². The van der Waals surface area contributed by atoms with E-state index < -0.39 is 21.4 Å². The summed E-state index contributed by atoms with van der Waals surface area (Å²) in [6.07, 6.45) is 0. The molecule has 0 aliphatic heterocycles. The molecule has 20 heavy (non-hydrogen) atoms. The van der Waals surface area contributed by atoms with Crippen LogP contribution in [-0.2, 0) is 0 Å². The molecule has 0 aromatic rings. The van der Waals surface area contributed by atoms with Crippen molar-refractivity contribution in [2.24, 2.45) is 4.99 Å². The average Bonchev–Trinajstić information content (AvgIpc) is 2.46. The summed E-state index contributed by atoms with van der Waals surface area (Å²) in [6.45, 7) is 15.8. The van der Waals surface area contributed by atoms with Gasteiger partial charge in [-0.25, -0.2) is 0 Å². The van der Waals surface area contributed by atoms with Gasteiger partial charge in [0.05, 0.1) is 13.3 Å². The van der Waals surface area contributed by atoms with Crippen molar-refractivity contribution in [3.05, 3.63) is 0 Å². The fraction of sp³-hybridized carbons (Fsp3) is 0.938. The van der Waals surface area contributed by atoms with E-state index >= 15 is 0 Å². The number of rotatable bonds is 9. The summed E-state index contributed by atoms with van der Waals surface area (Å²) in [6, 6.07) is 7.04. The van der Waals surface area contributed by atoms with Crippen molar-refractivity contribution in [1.82, 2.24) is 0 Å². The summed E-state index contributed by atoms with van der Waals surface area (Å²) in [5.74, 6) is 0. The van der Waals surface area contributed by atoms with Crippen molar-refractivity contribution >= 4 is 21.5 Å². The van der Waals surface area contributed by atoms with Crippen LogP contribution in [0.1, 0.15) is 48.5 Å². The molecule has 0 saturated heterocycles. The SMILES string of the molecule is CC[Si](CC)(CC)C(=NC)C(C)(O)[Si](CC)(CC)CC. The van der Waals surface area contributed by atoms with Gasteiger partial charge in [0.25, 0.3) is 0 Å². The Bertz CT molecular complexity index is 302. The summed E-state index contributed by atoms with van der Waals surface area (Å²) in [5, 5.41) is 12.2. The lowest BCUT2D eigenvalue weighted by molar-refractivity contribution is 0.205. The van der Waals surface area contributed by atoms with E-state index in [1.165, 1.54) is 23.5 Å². The van der Waals surface area contributed by atoms with Gasteiger partial charge >= 0.3 is 0 Å². The Morgan fingerprint density at radius 2 is 1.20 bits per heavy atom. The van der Waals surface area contributed by atoms with Gasteiger partial charge in [-0.3, -0.25) is 4.99 Å². The molecule has 4 heteroatoms. The van der Waals surface area contributed by atoms with Crippen LogP contribution in [0, 0.1) is 0 Å². The predicted octanol–water partition coefficient (Wildman–Crippen LogP) is 4.90. The molecule has 0 fully saturated rings. The highest BCUT2D eigenvalue weighted by Gasteiger charge is 2.53. The largest absolute Gasteiger partial charge is 0.388 e. The monoisotopic (exact) mass is 315 g/mol. The summed E-state index contributed by atoms with van der Waals surface area (Å²) >= 11 is 0. The fourth-order valence-corrected chi connectivity index (χ4v) is 14.0. The summed E-state index contributed by atoms with van der Waals surface area (Å²) < 4.78 is 0. The Kier molecular flexibility index (Phi) is 7.92. The molecule has 1 N–H and O–H groups in total. The van der Waals surface area contributed by atoms with E-state index in [1.807, 2.05) is 7.05 Å². The normalized spacial score (nSPS) is 17.1. The van der Waals surface area contributed by atoms with Crippen LogP contribution in [0.15, 0.2) is 4.99 Å². The van der Waals surface area contributed by atoms with Crippen LogP contribution in [0.2, 0.25) is 36.3 Å². The van der Waals surface area contributed by atoms with Crippen LogP contribution in [0.5, 0.6) is 0 Å². The van der Waals surface area contributed by atoms with E-state index in [1.54, 1.807) is 0 Å². The average molecular weight is 316 g/mol. The highest BCUT2D eigenvalue weighted by atomic mass is 28.3. The van der Waals surface area contributed by atoms with Gasteiger partial charge in [0.1, 0.15) is 8.07 Å². The van der Waals surface area contributed by atoms with Gasteiger partial charge in [0, 0.05) is 12.4 Å². The first-order valence-corrected chi connectivity index (χ1v) is 13.8. The number of hydrogen-bond acceptors (Lipinski definition) is 2. The Labute approximate surface area is 129 Å². The molecule has 120 valence electrons. The molecule has 0 bridgehead atoms. The van der Waals surface area contributed by atoms with Crippen LogP contribution < -0.4 is 0 Å². The lowest BCUT2D eigenvalue weighted by atomic mass is 10.4. The number of aliphatic imine (C=N–C) groups is 1. The second-order valence-electron chi connectivity index (χ2n) is 6.33. The first-order valence-electron chi connectivity index (χ1n) is 8.51. The molecule has 0 spiro atoms. The molecule has 0 aliphatic rings. The van der Waals surface area contributed by atoms with Crippen molar-refractivity contribution in [1.29, 1.82) is 0 Å². The standard InChI is InChI=1S/C16H37NOSi2/c1-9-19(10-2,11-3)15(17-8)16(7,18)20(12-4,13-5)14-6/h18H,9-14H2,1-8H3. The van der Waals surface area contributed by atoms with Gasteiger partial charge < -0.3 is 5.11 Å². The highest BCUT2D eigenvalue weighted by Crippen LogP contribution is 2.38. The Morgan fingerprint density at radius 3 is 1.40 bits per heavy atom. The van der Waals surface area contributed by atoms with Gasteiger partial charge in [-0.15, -0.1) is 0 Å². The minimum atomic E-state index is -1.73. The van der Waals surface area contributed by atoms with E-state index in [-0.39, 0.29) is 0 Å². The van der Waals surface area contributed by atoms with E-state index in [2.05, 4.69) is 48.5 Å². The minimum absolute atomic E-state index is 0.631. The fourth-order valence-electron chi connectivity index (χ4n) is 4.26. The number of nitrogens with zero attached hydrogens (tertiary/aromatic N) is 1. The predicted molar refractivity (Wildman–Crippen MR) is 98.4 cm³/mol. The van der Waals surface area contributed by atoms with Crippen LogP contribution in [0.3, 0.4) is 0 Å². The van der Waals surface area contributed by atoms with Crippen LogP contribution in [0.4, 0.5) is 0 Å². The van der Waals surface area contributed by atoms with Gasteiger partial charge in [0.15, 0.2) is 0 Å². The van der Waals surface area contributed by atoms with Gasteiger partial charge in [0.2, 0.25) is 0 Å². The first kappa shape index (κ1) is 20.1. The van der Waals surface area contributed by atoms with Crippen molar-refractivity contribution < 1.29 is 5.11 Å². The topological polar surface area (TPSA) is 32.6 Å². The van der Waals surface area contributed by atoms with Crippen molar-refractivity contribution in [2.45, 2.75) is 90.0 Å². The zero-order chi connectivity index (χ0) is 16.0. The maximum atomic E-state index is 11.6. The number of aliphatic hydroxyl groups is 1. The third-order valence-corrected chi connectivity index (χ3v) is 18.7. The maximum Gasteiger partial charge on any atom is 0.107 e. The van der Waals surface area contributed by atoms with Gasteiger partial charge in [-0.1, -0.05) is 77.8 Å². The second-order valence-corrected chi connectivity index (χ2v) is 17.1. The van der Waals surface area contributed by atoms with Crippen molar-refractivity contribution in [3.63, 3.8) is 0 Å². The smallest absolute Gasteiger partial charge is 0.107 e. The molecular formula is C16H37NOSi2. The minimum Gasteiger partial charge on any atom is -0.388 e. The zero-order valence-electron chi connectivity index (χ0n) is 15.1. The van der Waals surface area contributed by atoms with Gasteiger partial charge in [-0.05, 0) is 6.92 Å². The van der Waals surface area contributed by atoms with Crippen LogP contribution in [0.25, 0.3) is 0 Å². The van der Waals surface area contributed by atoms with E-state index in [9.17, 15) is 5.11 Å². The molecule has 0 amide bonds. The van der Waals surface area contributed by atoms with E-state index in [0.717, 1.165) is 18.1 Å². The molecule has 0 aromatic heterocycles. The van der Waals surface area contributed by atoms with Crippen molar-refractivity contribution in [2.75, 3.05) is 7.05 Å². The molecule has 0 heterocycles. The number of hydrogen-bond donors (Lipinski definition) is 1. The summed E-state index contributed by atoms with van der Waals surface area (Å²) in [4.78, 5) is 4.72. The Morgan fingerprint density at radius 1 is 0.850 bits per heavy atom. The molecule has 0 saturated carbocycles. The van der Waals surface area contributed by atoms with E-state index in [4.69, 9.17) is 4.99 Å². The molecule has 0 rings (SSSR count). The lowest BCUT2D eigenvalue weighted by Crippen LogP contribution is -2.67. The summed E-state index contributed by atoms with van der Waals surface area (Å²) in [7, 11) is -1.42. The van der Waals surface area contributed by atoms with Gasteiger partial charge in [-0.2, -0.15) is 0 Å². The van der Waals surface area contributed by atoms with Crippen LogP contribution in [-0.4, -0.2) is 38.9 Å². The summed E-state index contributed by atoms with van der Waals surface area (Å²) in [5.41, 5.74) is 0. The third-order valence-electron chi connectivity index (χ3n) is 6.28. The molecular weight excluding hydrogens is 278 g/mol. The first-order chi connectivity index (χ1) is 9.31.